The number of ether oxygens (including phenoxy) is 1. The molecule has 0 aliphatic carbocycles. The number of carbonyl (C=O) groups is 1. The maximum atomic E-state index is 13.5. The van der Waals surface area contributed by atoms with Gasteiger partial charge in [0.15, 0.2) is 0 Å². The van der Waals surface area contributed by atoms with Crippen molar-refractivity contribution in [1.82, 2.24) is 0 Å². The molecule has 100 valence electrons. The van der Waals surface area contributed by atoms with Crippen molar-refractivity contribution >= 4 is 5.97 Å². The summed E-state index contributed by atoms with van der Waals surface area (Å²) >= 11 is 0. The topological polar surface area (TPSA) is 46.5 Å². The number of methoxy groups -OCH3 is 1. The molecule has 0 heterocycles. The zero-order valence-electron chi connectivity index (χ0n) is 11.2. The molecule has 0 aromatic heterocycles. The highest BCUT2D eigenvalue weighted by Gasteiger charge is 2.38. The molecule has 18 heavy (non-hydrogen) atoms. The Labute approximate surface area is 107 Å². The number of rotatable bonds is 4. The zero-order chi connectivity index (χ0) is 13.9. The molecular weight excluding hydrogens is 235 g/mol. The molecule has 0 aliphatic rings. The first-order valence-electron chi connectivity index (χ1n) is 5.91. The van der Waals surface area contributed by atoms with E-state index in [9.17, 15) is 14.3 Å². The number of carbonyl (C=O) groups excluding carboxylic acids is 1. The minimum atomic E-state index is -1.45. The van der Waals surface area contributed by atoms with E-state index in [1.165, 1.54) is 20.1 Å². The van der Waals surface area contributed by atoms with Crippen molar-refractivity contribution in [2.45, 2.75) is 32.8 Å². The van der Waals surface area contributed by atoms with Crippen LogP contribution in [-0.2, 0) is 15.1 Å². The van der Waals surface area contributed by atoms with Crippen LogP contribution >= 0.6 is 0 Å². The van der Waals surface area contributed by atoms with Crippen LogP contribution in [0, 0.1) is 18.7 Å². The van der Waals surface area contributed by atoms with E-state index in [1.54, 1.807) is 26.0 Å². The Bertz CT molecular complexity index is 441. The second-order valence-electron chi connectivity index (χ2n) is 4.60. The Hall–Kier alpha value is -1.42. The summed E-state index contributed by atoms with van der Waals surface area (Å²) in [5.74, 6) is -1.61. The van der Waals surface area contributed by atoms with Gasteiger partial charge in [-0.15, -0.1) is 0 Å². The Morgan fingerprint density at radius 1 is 1.56 bits per heavy atom. The fourth-order valence-corrected chi connectivity index (χ4v) is 2.04. The third-order valence-electron chi connectivity index (χ3n) is 3.33. The molecule has 0 saturated heterocycles. The third kappa shape index (κ3) is 2.70. The predicted octanol–water partition coefficient (Wildman–Crippen LogP) is 2.54. The van der Waals surface area contributed by atoms with Gasteiger partial charge in [-0.1, -0.05) is 19.1 Å². The summed E-state index contributed by atoms with van der Waals surface area (Å²) < 4.78 is 18.2. The molecule has 4 heteroatoms. The minimum Gasteiger partial charge on any atom is -0.469 e. The van der Waals surface area contributed by atoms with Crippen molar-refractivity contribution in [1.29, 1.82) is 0 Å². The molecular formula is C14H19FO3. The number of benzene rings is 1. The fraction of sp³-hybridized carbons (Fsp3) is 0.500. The standard InChI is InChI=1S/C14H19FO3/c1-5-11(13(16)18-4)14(3,17)10-7-6-9(2)12(15)8-10/h6-8,11,17H,5H2,1-4H3. The van der Waals surface area contributed by atoms with Crippen LogP contribution in [0.5, 0.6) is 0 Å². The maximum absolute atomic E-state index is 13.5. The lowest BCUT2D eigenvalue weighted by Crippen LogP contribution is -2.37. The normalized spacial score (nSPS) is 15.9. The molecule has 1 N–H and O–H groups in total. The van der Waals surface area contributed by atoms with Crippen molar-refractivity contribution in [3.05, 3.63) is 35.1 Å². The lowest BCUT2D eigenvalue weighted by Gasteiger charge is -2.31. The molecule has 0 aliphatic heterocycles. The summed E-state index contributed by atoms with van der Waals surface area (Å²) in [5, 5.41) is 10.5. The van der Waals surface area contributed by atoms with Crippen LogP contribution in [-0.4, -0.2) is 18.2 Å². The van der Waals surface area contributed by atoms with Gasteiger partial charge in [-0.3, -0.25) is 4.79 Å². The number of hydrogen-bond acceptors (Lipinski definition) is 3. The van der Waals surface area contributed by atoms with Crippen LogP contribution in [0.4, 0.5) is 4.39 Å². The van der Waals surface area contributed by atoms with E-state index in [0.717, 1.165) is 0 Å². The second-order valence-corrected chi connectivity index (χ2v) is 4.60. The lowest BCUT2D eigenvalue weighted by atomic mass is 9.81. The van der Waals surface area contributed by atoms with Crippen molar-refractivity contribution in [3.8, 4) is 0 Å². The fourth-order valence-electron chi connectivity index (χ4n) is 2.04. The molecule has 1 aromatic rings. The summed E-state index contributed by atoms with van der Waals surface area (Å²) in [6.45, 7) is 4.92. The Morgan fingerprint density at radius 2 is 2.17 bits per heavy atom. The molecule has 1 rings (SSSR count). The smallest absolute Gasteiger partial charge is 0.311 e. The largest absolute Gasteiger partial charge is 0.469 e. The van der Waals surface area contributed by atoms with Crippen LogP contribution in [0.15, 0.2) is 18.2 Å². The summed E-state index contributed by atoms with van der Waals surface area (Å²) in [6.07, 6.45) is 0.412. The van der Waals surface area contributed by atoms with Crippen LogP contribution in [0.25, 0.3) is 0 Å². The molecule has 0 bridgehead atoms. The predicted molar refractivity (Wildman–Crippen MR) is 66.5 cm³/mol. The second kappa shape index (κ2) is 5.48. The first-order chi connectivity index (χ1) is 8.34. The van der Waals surface area contributed by atoms with Crippen LogP contribution in [0.3, 0.4) is 0 Å². The van der Waals surface area contributed by atoms with Crippen molar-refractivity contribution in [3.63, 3.8) is 0 Å². The molecule has 0 spiro atoms. The van der Waals surface area contributed by atoms with Crippen molar-refractivity contribution in [2.24, 2.45) is 5.92 Å². The van der Waals surface area contributed by atoms with E-state index in [2.05, 4.69) is 4.74 Å². The summed E-state index contributed by atoms with van der Waals surface area (Å²) in [6, 6.07) is 4.48. The van der Waals surface area contributed by atoms with E-state index >= 15 is 0 Å². The third-order valence-corrected chi connectivity index (χ3v) is 3.33. The highest BCUT2D eigenvalue weighted by atomic mass is 19.1. The lowest BCUT2D eigenvalue weighted by molar-refractivity contribution is -0.155. The molecule has 1 aromatic carbocycles. The van der Waals surface area contributed by atoms with Gasteiger partial charge in [0, 0.05) is 0 Å². The first-order valence-corrected chi connectivity index (χ1v) is 5.91. The van der Waals surface area contributed by atoms with Crippen LogP contribution < -0.4 is 0 Å². The summed E-state index contributed by atoms with van der Waals surface area (Å²) in [5.41, 5.74) is -0.570. The Morgan fingerprint density at radius 3 is 2.61 bits per heavy atom. The molecule has 2 unspecified atom stereocenters. The monoisotopic (exact) mass is 254 g/mol. The zero-order valence-corrected chi connectivity index (χ0v) is 11.2. The average molecular weight is 254 g/mol. The summed E-state index contributed by atoms with van der Waals surface area (Å²) in [4.78, 5) is 11.6. The average Bonchev–Trinajstić information content (AvgIpc) is 2.32. The van der Waals surface area contributed by atoms with Crippen LogP contribution in [0.2, 0.25) is 0 Å². The quantitative estimate of drug-likeness (QED) is 0.840. The Balaban J connectivity index is 3.17. The highest BCUT2D eigenvalue weighted by Crippen LogP contribution is 2.33. The highest BCUT2D eigenvalue weighted by molar-refractivity contribution is 5.74. The minimum absolute atomic E-state index is 0.378. The van der Waals surface area contributed by atoms with Crippen LogP contribution in [0.1, 0.15) is 31.4 Å². The van der Waals surface area contributed by atoms with E-state index < -0.39 is 23.3 Å². The van der Waals surface area contributed by atoms with Gasteiger partial charge >= 0.3 is 5.97 Å². The number of aryl methyl sites for hydroxylation is 1. The van der Waals surface area contributed by atoms with E-state index in [1.807, 2.05) is 0 Å². The van der Waals surface area contributed by atoms with Gasteiger partial charge in [0.1, 0.15) is 11.4 Å². The van der Waals surface area contributed by atoms with Gasteiger partial charge in [0.05, 0.1) is 13.0 Å². The number of esters is 1. The van der Waals surface area contributed by atoms with Crippen molar-refractivity contribution in [2.75, 3.05) is 7.11 Å². The van der Waals surface area contributed by atoms with Gasteiger partial charge in [-0.2, -0.15) is 0 Å². The molecule has 0 saturated carbocycles. The molecule has 0 amide bonds. The SMILES string of the molecule is CCC(C(=O)OC)C(C)(O)c1ccc(C)c(F)c1. The van der Waals surface area contributed by atoms with Gasteiger partial charge in [0.2, 0.25) is 0 Å². The molecule has 0 radical (unpaired) electrons. The number of halogens is 1. The molecule has 3 nitrogen and oxygen atoms in total. The van der Waals surface area contributed by atoms with E-state index in [4.69, 9.17) is 0 Å². The summed E-state index contributed by atoms with van der Waals surface area (Å²) in [7, 11) is 1.27. The molecule has 2 atom stereocenters. The Kier molecular flexibility index (Phi) is 4.46. The van der Waals surface area contributed by atoms with E-state index in [-0.39, 0.29) is 0 Å². The maximum Gasteiger partial charge on any atom is 0.311 e. The van der Waals surface area contributed by atoms with E-state index in [0.29, 0.717) is 17.5 Å². The number of aliphatic hydroxyl groups is 1. The van der Waals surface area contributed by atoms with Gasteiger partial charge in [-0.25, -0.2) is 4.39 Å². The number of hydrogen-bond donors (Lipinski definition) is 1. The van der Waals surface area contributed by atoms with Gasteiger partial charge in [0.25, 0.3) is 0 Å². The van der Waals surface area contributed by atoms with Gasteiger partial charge in [-0.05, 0) is 37.5 Å². The van der Waals surface area contributed by atoms with Crippen molar-refractivity contribution < 1.29 is 19.0 Å². The molecule has 0 fully saturated rings. The van der Waals surface area contributed by atoms with Gasteiger partial charge < -0.3 is 9.84 Å². The first kappa shape index (κ1) is 14.6.